The molecule has 5 rings (SSSR count). The highest BCUT2D eigenvalue weighted by molar-refractivity contribution is 8.13. The summed E-state index contributed by atoms with van der Waals surface area (Å²) in [5.74, 6) is 0.410. The molecule has 2 aliphatic heterocycles. The summed E-state index contributed by atoms with van der Waals surface area (Å²) in [4.78, 5) is 43.4. The van der Waals surface area contributed by atoms with E-state index in [2.05, 4.69) is 15.5 Å². The van der Waals surface area contributed by atoms with Gasteiger partial charge in [0.2, 0.25) is 0 Å². The first kappa shape index (κ1) is 25.2. The van der Waals surface area contributed by atoms with Crippen LogP contribution in [0.25, 0.3) is 0 Å². The van der Waals surface area contributed by atoms with E-state index in [1.165, 1.54) is 24.3 Å². The number of hydrogen-bond donors (Lipinski definition) is 2. The molecule has 9 nitrogen and oxygen atoms in total. The number of amidine groups is 1. The Labute approximate surface area is 223 Å². The molecule has 3 aromatic rings. The summed E-state index contributed by atoms with van der Waals surface area (Å²) in [6.07, 6.45) is 0.982. The standard InChI is InChI=1S/C28H25N5O4S/c1-18-24(27(35)31-21-6-3-2-4-7-21)25(32-16-5-17-38-28(32)29-18)19-8-12-22(13-9-19)30-26(34)20-10-14-23(15-11-20)33(36)37/h2-4,6-15,25H,5,16-17H2,1H3,(H,30,34)(H,31,35). The number of carbonyl (C=O) groups excluding carboxylic acids is 2. The lowest BCUT2D eigenvalue weighted by molar-refractivity contribution is -0.384. The zero-order chi connectivity index (χ0) is 26.6. The van der Waals surface area contributed by atoms with Crippen molar-refractivity contribution in [1.82, 2.24) is 4.90 Å². The molecular weight excluding hydrogens is 502 g/mol. The van der Waals surface area contributed by atoms with Gasteiger partial charge in [-0.25, -0.2) is 4.99 Å². The Morgan fingerprint density at radius 2 is 1.61 bits per heavy atom. The second kappa shape index (κ2) is 10.9. The molecule has 1 unspecified atom stereocenters. The average molecular weight is 528 g/mol. The molecule has 0 radical (unpaired) electrons. The average Bonchev–Trinajstić information content (AvgIpc) is 2.93. The number of benzene rings is 3. The van der Waals surface area contributed by atoms with Gasteiger partial charge in [0.25, 0.3) is 17.5 Å². The van der Waals surface area contributed by atoms with Gasteiger partial charge in [0.1, 0.15) is 0 Å². The molecule has 1 atom stereocenters. The molecule has 3 aromatic carbocycles. The summed E-state index contributed by atoms with van der Waals surface area (Å²) in [6, 6.07) is 21.8. The molecule has 0 aliphatic carbocycles. The van der Waals surface area contributed by atoms with Crippen molar-refractivity contribution in [2.75, 3.05) is 22.9 Å². The van der Waals surface area contributed by atoms with E-state index in [1.54, 1.807) is 23.9 Å². The van der Waals surface area contributed by atoms with Gasteiger partial charge in [-0.3, -0.25) is 19.7 Å². The fourth-order valence-corrected chi connectivity index (χ4v) is 5.53. The smallest absolute Gasteiger partial charge is 0.269 e. The Kier molecular flexibility index (Phi) is 7.23. The molecule has 2 amide bonds. The Morgan fingerprint density at radius 1 is 0.947 bits per heavy atom. The molecule has 0 spiro atoms. The van der Waals surface area contributed by atoms with E-state index in [4.69, 9.17) is 4.99 Å². The van der Waals surface area contributed by atoms with Crippen molar-refractivity contribution >= 4 is 45.8 Å². The van der Waals surface area contributed by atoms with Crippen LogP contribution in [0, 0.1) is 10.1 Å². The fourth-order valence-electron chi connectivity index (χ4n) is 4.51. The van der Waals surface area contributed by atoms with Crippen LogP contribution in [-0.4, -0.2) is 39.1 Å². The molecule has 1 saturated heterocycles. The quantitative estimate of drug-likeness (QED) is 0.318. The van der Waals surface area contributed by atoms with Crippen LogP contribution in [0.3, 0.4) is 0 Å². The Bertz CT molecular complexity index is 1440. The minimum absolute atomic E-state index is 0.0763. The van der Waals surface area contributed by atoms with E-state index in [0.29, 0.717) is 28.2 Å². The summed E-state index contributed by atoms with van der Waals surface area (Å²) in [6.45, 7) is 2.65. The first-order chi connectivity index (χ1) is 18.4. The first-order valence-corrected chi connectivity index (χ1v) is 13.1. The predicted molar refractivity (Wildman–Crippen MR) is 149 cm³/mol. The van der Waals surface area contributed by atoms with Crippen LogP contribution in [0.4, 0.5) is 17.1 Å². The topological polar surface area (TPSA) is 117 Å². The molecular formula is C28H25N5O4S. The number of non-ortho nitro benzene ring substituents is 1. The molecule has 2 N–H and O–H groups in total. The van der Waals surface area contributed by atoms with Crippen molar-refractivity contribution in [3.05, 3.63) is 111 Å². The summed E-state index contributed by atoms with van der Waals surface area (Å²) in [5.41, 5.74) is 3.70. The van der Waals surface area contributed by atoms with Gasteiger partial charge in [-0.2, -0.15) is 0 Å². The molecule has 0 saturated carbocycles. The number of carbonyl (C=O) groups is 2. The van der Waals surface area contributed by atoms with Gasteiger partial charge in [-0.15, -0.1) is 0 Å². The van der Waals surface area contributed by atoms with Crippen LogP contribution < -0.4 is 10.6 Å². The number of fused-ring (bicyclic) bond motifs is 1. The number of aliphatic imine (C=N–C) groups is 1. The Hall–Kier alpha value is -4.44. The summed E-state index contributed by atoms with van der Waals surface area (Å²) >= 11 is 1.69. The minimum atomic E-state index is -0.507. The molecule has 0 bridgehead atoms. The van der Waals surface area contributed by atoms with Crippen LogP contribution in [0.5, 0.6) is 0 Å². The predicted octanol–water partition coefficient (Wildman–Crippen LogP) is 5.61. The zero-order valence-corrected chi connectivity index (χ0v) is 21.4. The highest BCUT2D eigenvalue weighted by Crippen LogP contribution is 2.40. The van der Waals surface area contributed by atoms with Crippen molar-refractivity contribution in [2.24, 2.45) is 4.99 Å². The number of rotatable bonds is 6. The first-order valence-electron chi connectivity index (χ1n) is 12.1. The number of amides is 2. The molecule has 192 valence electrons. The van der Waals surface area contributed by atoms with E-state index in [-0.39, 0.29) is 23.5 Å². The van der Waals surface area contributed by atoms with Gasteiger partial charge < -0.3 is 15.5 Å². The third-order valence-electron chi connectivity index (χ3n) is 6.36. The van der Waals surface area contributed by atoms with E-state index >= 15 is 0 Å². The lowest BCUT2D eigenvalue weighted by Gasteiger charge is -2.40. The van der Waals surface area contributed by atoms with Gasteiger partial charge in [0, 0.05) is 41.4 Å². The van der Waals surface area contributed by atoms with Crippen molar-refractivity contribution in [2.45, 2.75) is 19.4 Å². The second-order valence-corrected chi connectivity index (χ2v) is 9.95. The molecule has 0 aromatic heterocycles. The number of nitro groups is 1. The number of nitro benzene ring substituents is 1. The minimum Gasteiger partial charge on any atom is -0.340 e. The highest BCUT2D eigenvalue weighted by Gasteiger charge is 2.37. The molecule has 38 heavy (non-hydrogen) atoms. The summed E-state index contributed by atoms with van der Waals surface area (Å²) < 4.78 is 0. The number of hydrogen-bond acceptors (Lipinski definition) is 7. The van der Waals surface area contributed by atoms with E-state index in [9.17, 15) is 19.7 Å². The van der Waals surface area contributed by atoms with E-state index in [0.717, 1.165) is 29.4 Å². The van der Waals surface area contributed by atoms with Gasteiger partial charge in [-0.1, -0.05) is 42.1 Å². The van der Waals surface area contributed by atoms with Gasteiger partial charge in [0.05, 0.1) is 22.2 Å². The molecule has 1 fully saturated rings. The summed E-state index contributed by atoms with van der Waals surface area (Å²) in [7, 11) is 0. The van der Waals surface area contributed by atoms with Crippen LogP contribution in [0.15, 0.2) is 95.1 Å². The third kappa shape index (κ3) is 5.30. The number of para-hydroxylation sites is 1. The SMILES string of the molecule is CC1=C(C(=O)Nc2ccccc2)C(c2ccc(NC(=O)c3ccc([N+](=O)[O-])cc3)cc2)N2CCCSC2=N1. The lowest BCUT2D eigenvalue weighted by atomic mass is 9.93. The molecule has 10 heteroatoms. The van der Waals surface area contributed by atoms with E-state index < -0.39 is 4.92 Å². The third-order valence-corrected chi connectivity index (χ3v) is 7.44. The largest absolute Gasteiger partial charge is 0.340 e. The van der Waals surface area contributed by atoms with Crippen molar-refractivity contribution in [3.63, 3.8) is 0 Å². The monoisotopic (exact) mass is 527 g/mol. The van der Waals surface area contributed by atoms with Crippen molar-refractivity contribution < 1.29 is 14.5 Å². The Morgan fingerprint density at radius 3 is 2.29 bits per heavy atom. The number of nitrogens with zero attached hydrogens (tertiary/aromatic N) is 3. The number of thioether (sulfide) groups is 1. The fraction of sp³-hybridized carbons (Fsp3) is 0.179. The number of allylic oxidation sites excluding steroid dienone is 1. The van der Waals surface area contributed by atoms with Crippen LogP contribution >= 0.6 is 11.8 Å². The maximum atomic E-state index is 13.5. The number of anilines is 2. The van der Waals surface area contributed by atoms with E-state index in [1.807, 2.05) is 49.4 Å². The van der Waals surface area contributed by atoms with Gasteiger partial charge in [0.15, 0.2) is 5.17 Å². The number of nitrogens with one attached hydrogen (secondary N) is 2. The van der Waals surface area contributed by atoms with Crippen LogP contribution in [0.2, 0.25) is 0 Å². The maximum Gasteiger partial charge on any atom is 0.269 e. The van der Waals surface area contributed by atoms with Gasteiger partial charge >= 0.3 is 0 Å². The highest BCUT2D eigenvalue weighted by atomic mass is 32.2. The lowest BCUT2D eigenvalue weighted by Crippen LogP contribution is -2.43. The normalized spacial score (nSPS) is 16.8. The maximum absolute atomic E-state index is 13.5. The van der Waals surface area contributed by atoms with Crippen molar-refractivity contribution in [3.8, 4) is 0 Å². The molecule has 2 aliphatic rings. The van der Waals surface area contributed by atoms with Crippen molar-refractivity contribution in [1.29, 1.82) is 0 Å². The zero-order valence-electron chi connectivity index (χ0n) is 20.6. The van der Waals surface area contributed by atoms with Crippen LogP contribution in [-0.2, 0) is 4.79 Å². The second-order valence-electron chi connectivity index (χ2n) is 8.89. The van der Waals surface area contributed by atoms with Gasteiger partial charge in [-0.05, 0) is 55.3 Å². The summed E-state index contributed by atoms with van der Waals surface area (Å²) in [5, 5.41) is 17.6. The molecule has 2 heterocycles. The van der Waals surface area contributed by atoms with Crippen LogP contribution in [0.1, 0.15) is 35.3 Å². The Balaban J connectivity index is 1.40.